The van der Waals surface area contributed by atoms with E-state index in [1.165, 1.54) is 0 Å². The first-order valence-corrected chi connectivity index (χ1v) is 10.3. The number of para-hydroxylation sites is 1. The molecule has 3 heterocycles. The Labute approximate surface area is 180 Å². The van der Waals surface area contributed by atoms with Crippen LogP contribution in [0.2, 0.25) is 0 Å². The molecule has 0 spiro atoms. The van der Waals surface area contributed by atoms with Gasteiger partial charge in [0.05, 0.1) is 16.8 Å². The molecule has 1 amide bonds. The number of phenols is 1. The van der Waals surface area contributed by atoms with E-state index in [0.29, 0.717) is 18.7 Å². The lowest BCUT2D eigenvalue weighted by Crippen LogP contribution is -2.48. The molecule has 0 aliphatic carbocycles. The normalized spacial score (nSPS) is 14.1. The van der Waals surface area contributed by atoms with Crippen LogP contribution in [0.1, 0.15) is 10.4 Å². The molecule has 1 N–H and O–H groups in total. The first kappa shape index (κ1) is 19.1. The molecule has 31 heavy (non-hydrogen) atoms. The monoisotopic (exact) mass is 410 g/mol. The number of carbonyl (C=O) groups is 1. The van der Waals surface area contributed by atoms with Crippen LogP contribution in [-0.2, 0) is 0 Å². The number of hydrogen-bond donors (Lipinski definition) is 1. The minimum absolute atomic E-state index is 0.0223. The quantitative estimate of drug-likeness (QED) is 0.554. The Morgan fingerprint density at radius 1 is 0.903 bits per heavy atom. The molecule has 0 radical (unpaired) electrons. The van der Waals surface area contributed by atoms with Crippen molar-refractivity contribution in [3.05, 3.63) is 84.7 Å². The maximum atomic E-state index is 13.5. The van der Waals surface area contributed by atoms with Crippen molar-refractivity contribution >= 4 is 22.5 Å². The van der Waals surface area contributed by atoms with Crippen LogP contribution in [0.3, 0.4) is 0 Å². The number of anilines is 1. The number of fused-ring (bicyclic) bond motifs is 1. The van der Waals surface area contributed by atoms with Gasteiger partial charge in [0.2, 0.25) is 0 Å². The molecule has 0 unspecified atom stereocenters. The fraction of sp³-hybridized carbons (Fsp3) is 0.160. The molecule has 1 aliphatic heterocycles. The third-order valence-electron chi connectivity index (χ3n) is 5.69. The maximum Gasteiger partial charge on any atom is 0.254 e. The lowest BCUT2D eigenvalue weighted by Gasteiger charge is -2.36. The highest BCUT2D eigenvalue weighted by molar-refractivity contribution is 6.07. The molecule has 4 aromatic rings. The first-order valence-electron chi connectivity index (χ1n) is 10.3. The Morgan fingerprint density at radius 2 is 1.68 bits per heavy atom. The van der Waals surface area contributed by atoms with Crippen molar-refractivity contribution in [3.63, 3.8) is 0 Å². The number of phenolic OH excluding ortho intramolecular Hbond substituents is 1. The third kappa shape index (κ3) is 3.80. The van der Waals surface area contributed by atoms with Gasteiger partial charge < -0.3 is 14.9 Å². The minimum atomic E-state index is 0.0223. The summed E-state index contributed by atoms with van der Waals surface area (Å²) in [7, 11) is 0. The summed E-state index contributed by atoms with van der Waals surface area (Å²) in [5.41, 5.74) is 4.16. The molecule has 6 heteroatoms. The van der Waals surface area contributed by atoms with Crippen molar-refractivity contribution in [1.82, 2.24) is 14.9 Å². The molecule has 2 aromatic heterocycles. The highest BCUT2D eigenvalue weighted by atomic mass is 16.3. The zero-order valence-corrected chi connectivity index (χ0v) is 17.0. The van der Waals surface area contributed by atoms with Crippen LogP contribution >= 0.6 is 0 Å². The smallest absolute Gasteiger partial charge is 0.254 e. The van der Waals surface area contributed by atoms with Crippen molar-refractivity contribution in [2.45, 2.75) is 0 Å². The fourth-order valence-electron chi connectivity index (χ4n) is 4.02. The molecule has 154 valence electrons. The van der Waals surface area contributed by atoms with Crippen LogP contribution < -0.4 is 4.90 Å². The van der Waals surface area contributed by atoms with Gasteiger partial charge in [-0.1, -0.05) is 18.2 Å². The summed E-state index contributed by atoms with van der Waals surface area (Å²) < 4.78 is 0. The Morgan fingerprint density at radius 3 is 2.42 bits per heavy atom. The molecular weight excluding hydrogens is 388 g/mol. The van der Waals surface area contributed by atoms with Crippen molar-refractivity contribution in [2.24, 2.45) is 0 Å². The number of pyridine rings is 2. The van der Waals surface area contributed by atoms with E-state index < -0.39 is 0 Å². The molecule has 0 saturated carbocycles. The van der Waals surface area contributed by atoms with Gasteiger partial charge in [0.25, 0.3) is 5.91 Å². The second kappa shape index (κ2) is 8.07. The Hall–Kier alpha value is -3.93. The van der Waals surface area contributed by atoms with Crippen LogP contribution in [0.25, 0.3) is 22.2 Å². The first-order chi connectivity index (χ1) is 15.2. The molecule has 0 atom stereocenters. The van der Waals surface area contributed by atoms with Gasteiger partial charge in [-0.15, -0.1) is 0 Å². The molecule has 1 aliphatic rings. The number of nitrogens with zero attached hydrogens (tertiary/aromatic N) is 4. The zero-order valence-electron chi connectivity index (χ0n) is 17.0. The van der Waals surface area contributed by atoms with Crippen LogP contribution in [0.15, 0.2) is 79.1 Å². The molecule has 6 nitrogen and oxygen atoms in total. The number of hydrogen-bond acceptors (Lipinski definition) is 5. The van der Waals surface area contributed by atoms with Crippen LogP contribution in [0.5, 0.6) is 5.75 Å². The fourth-order valence-corrected chi connectivity index (χ4v) is 4.02. The highest BCUT2D eigenvalue weighted by Crippen LogP contribution is 2.26. The van der Waals surface area contributed by atoms with E-state index in [-0.39, 0.29) is 11.7 Å². The summed E-state index contributed by atoms with van der Waals surface area (Å²) in [5, 5.41) is 10.4. The van der Waals surface area contributed by atoms with Gasteiger partial charge in [-0.2, -0.15) is 0 Å². The van der Waals surface area contributed by atoms with Crippen molar-refractivity contribution < 1.29 is 9.90 Å². The zero-order chi connectivity index (χ0) is 21.2. The lowest BCUT2D eigenvalue weighted by molar-refractivity contribution is 0.0748. The molecular formula is C25H22N4O2. The predicted molar refractivity (Wildman–Crippen MR) is 121 cm³/mol. The van der Waals surface area contributed by atoms with E-state index in [9.17, 15) is 9.90 Å². The standard InChI is InChI=1S/C25H22N4O2/c30-20-9-7-19(8-10-20)28-12-14-29(15-13-28)25(31)22-16-24(18-4-3-11-26-17-18)27-23-6-2-1-5-21(22)23/h1-11,16-17,30H,12-15H2. The molecule has 1 fully saturated rings. The van der Waals surface area contributed by atoms with Gasteiger partial charge in [-0.25, -0.2) is 4.98 Å². The topological polar surface area (TPSA) is 69.6 Å². The molecule has 1 saturated heterocycles. The molecule has 2 aromatic carbocycles. The predicted octanol–water partition coefficient (Wildman–Crippen LogP) is 3.96. The summed E-state index contributed by atoms with van der Waals surface area (Å²) in [6.07, 6.45) is 3.49. The average molecular weight is 410 g/mol. The number of amides is 1. The van der Waals surface area contributed by atoms with Gasteiger partial charge in [-0.3, -0.25) is 9.78 Å². The number of piperazine rings is 1. The van der Waals surface area contributed by atoms with Crippen LogP contribution in [0, 0.1) is 0 Å². The third-order valence-corrected chi connectivity index (χ3v) is 5.69. The van der Waals surface area contributed by atoms with E-state index in [1.54, 1.807) is 24.5 Å². The van der Waals surface area contributed by atoms with Gasteiger partial charge in [0.1, 0.15) is 5.75 Å². The summed E-state index contributed by atoms with van der Waals surface area (Å²) in [6.45, 7) is 2.77. The summed E-state index contributed by atoms with van der Waals surface area (Å²) >= 11 is 0. The number of rotatable bonds is 3. The SMILES string of the molecule is O=C(c1cc(-c2cccnc2)nc2ccccc12)N1CCN(c2ccc(O)cc2)CC1. The number of aromatic hydroxyl groups is 1. The van der Waals surface area contributed by atoms with E-state index in [0.717, 1.165) is 40.9 Å². The van der Waals surface area contributed by atoms with E-state index in [4.69, 9.17) is 4.98 Å². The van der Waals surface area contributed by atoms with Gasteiger partial charge in [-0.05, 0) is 48.5 Å². The second-order valence-electron chi connectivity index (χ2n) is 7.61. The highest BCUT2D eigenvalue weighted by Gasteiger charge is 2.24. The average Bonchev–Trinajstić information content (AvgIpc) is 2.84. The summed E-state index contributed by atoms with van der Waals surface area (Å²) in [4.78, 5) is 26.6. The molecule has 5 rings (SSSR count). The Balaban J connectivity index is 1.43. The summed E-state index contributed by atoms with van der Waals surface area (Å²) in [6, 6.07) is 20.7. The minimum Gasteiger partial charge on any atom is -0.508 e. The largest absolute Gasteiger partial charge is 0.508 e. The molecule has 0 bridgehead atoms. The second-order valence-corrected chi connectivity index (χ2v) is 7.61. The van der Waals surface area contributed by atoms with Crippen molar-refractivity contribution in [3.8, 4) is 17.0 Å². The van der Waals surface area contributed by atoms with E-state index >= 15 is 0 Å². The Kier molecular flexibility index (Phi) is 4.96. The van der Waals surface area contributed by atoms with Gasteiger partial charge >= 0.3 is 0 Å². The van der Waals surface area contributed by atoms with Gasteiger partial charge in [0, 0.05) is 55.2 Å². The number of carbonyl (C=O) groups excluding carboxylic acids is 1. The summed E-state index contributed by atoms with van der Waals surface area (Å²) in [5.74, 6) is 0.278. The number of aromatic nitrogens is 2. The van der Waals surface area contributed by atoms with Crippen LogP contribution in [-0.4, -0.2) is 52.1 Å². The maximum absolute atomic E-state index is 13.5. The Bertz CT molecular complexity index is 1220. The lowest BCUT2D eigenvalue weighted by atomic mass is 10.0. The van der Waals surface area contributed by atoms with Crippen LogP contribution in [0.4, 0.5) is 5.69 Å². The van der Waals surface area contributed by atoms with Crippen molar-refractivity contribution in [2.75, 3.05) is 31.1 Å². The number of benzene rings is 2. The van der Waals surface area contributed by atoms with Gasteiger partial charge in [0.15, 0.2) is 0 Å². The van der Waals surface area contributed by atoms with E-state index in [2.05, 4.69) is 9.88 Å². The van der Waals surface area contributed by atoms with Crippen molar-refractivity contribution in [1.29, 1.82) is 0 Å². The van der Waals surface area contributed by atoms with E-state index in [1.807, 2.05) is 59.5 Å².